The first-order valence-electron chi connectivity index (χ1n) is 13.5. The van der Waals surface area contributed by atoms with Crippen LogP contribution in [0.4, 0.5) is 5.69 Å². The van der Waals surface area contributed by atoms with Gasteiger partial charge in [-0.3, -0.25) is 13.9 Å². The Labute approximate surface area is 243 Å². The van der Waals surface area contributed by atoms with Crippen LogP contribution in [-0.4, -0.2) is 44.3 Å². The van der Waals surface area contributed by atoms with Gasteiger partial charge >= 0.3 is 0 Å². The third-order valence-corrected chi connectivity index (χ3v) is 8.73. The number of carbonyl (C=O) groups excluding carboxylic acids is 2. The Hall–Kier alpha value is -3.36. The summed E-state index contributed by atoms with van der Waals surface area (Å²) in [5.74, 6) is -0.745. The van der Waals surface area contributed by atoms with Gasteiger partial charge in [0.05, 0.1) is 10.6 Å². The van der Waals surface area contributed by atoms with Crippen LogP contribution < -0.4 is 9.62 Å². The molecule has 1 N–H and O–H groups in total. The van der Waals surface area contributed by atoms with Gasteiger partial charge in [0.25, 0.3) is 10.0 Å². The summed E-state index contributed by atoms with van der Waals surface area (Å²) in [4.78, 5) is 28.8. The molecule has 214 valence electrons. The minimum Gasteiger partial charge on any atom is -0.354 e. The summed E-state index contributed by atoms with van der Waals surface area (Å²) >= 11 is 6.07. The predicted molar refractivity (Wildman–Crippen MR) is 161 cm³/mol. The summed E-state index contributed by atoms with van der Waals surface area (Å²) in [5.41, 5.74) is 3.03. The number of hydrogen-bond donors (Lipinski definition) is 1. The zero-order valence-corrected chi connectivity index (χ0v) is 25.1. The van der Waals surface area contributed by atoms with Gasteiger partial charge in [-0.25, -0.2) is 8.42 Å². The topological polar surface area (TPSA) is 86.8 Å². The maximum absolute atomic E-state index is 14.0. The summed E-state index contributed by atoms with van der Waals surface area (Å²) in [6, 6.07) is 19.8. The quantitative estimate of drug-likeness (QED) is 0.255. The molecule has 0 aliphatic rings. The molecular weight excluding hydrogens is 546 g/mol. The van der Waals surface area contributed by atoms with Crippen molar-refractivity contribution in [3.05, 3.63) is 94.5 Å². The number of amides is 2. The van der Waals surface area contributed by atoms with E-state index in [1.807, 2.05) is 27.7 Å². The standard InChI is InChI=1S/C31H38ClN3O4S/c1-5-7-20-33-31(37)29(6-2)34(21-25-12-14-26(32)15-13-25)30(36)22-35(27-16-8-23(3)9-17-27)40(38,39)28-18-10-24(4)11-19-28/h8-19,29H,5-7,20-22H2,1-4H3,(H,33,37). The van der Waals surface area contributed by atoms with Crippen LogP contribution in [0, 0.1) is 13.8 Å². The Morgan fingerprint density at radius 3 is 2.00 bits per heavy atom. The number of aryl methyl sites for hydroxylation is 2. The molecule has 1 atom stereocenters. The fourth-order valence-corrected chi connectivity index (χ4v) is 5.83. The molecule has 3 aromatic carbocycles. The molecule has 0 aliphatic carbocycles. The first-order chi connectivity index (χ1) is 19.1. The zero-order valence-electron chi connectivity index (χ0n) is 23.6. The Bertz CT molecular complexity index is 1380. The van der Waals surface area contributed by atoms with E-state index in [0.29, 0.717) is 23.7 Å². The van der Waals surface area contributed by atoms with Crippen LogP contribution >= 0.6 is 11.6 Å². The molecule has 0 aromatic heterocycles. The van der Waals surface area contributed by atoms with Crippen molar-refractivity contribution in [3.8, 4) is 0 Å². The van der Waals surface area contributed by atoms with Crippen LogP contribution in [-0.2, 0) is 26.2 Å². The summed E-state index contributed by atoms with van der Waals surface area (Å²) in [6.45, 7) is 7.83. The van der Waals surface area contributed by atoms with Crippen molar-refractivity contribution in [3.63, 3.8) is 0 Å². The summed E-state index contributed by atoms with van der Waals surface area (Å²) in [7, 11) is -4.09. The van der Waals surface area contributed by atoms with Crippen LogP contribution in [0.5, 0.6) is 0 Å². The Balaban J connectivity index is 2.02. The third kappa shape index (κ3) is 8.08. The van der Waals surface area contributed by atoms with E-state index >= 15 is 0 Å². The predicted octanol–water partition coefficient (Wildman–Crippen LogP) is 5.88. The van der Waals surface area contributed by atoms with Gasteiger partial charge < -0.3 is 10.2 Å². The molecule has 0 saturated carbocycles. The summed E-state index contributed by atoms with van der Waals surface area (Å²) in [5, 5.41) is 3.49. The maximum atomic E-state index is 14.0. The molecule has 1 unspecified atom stereocenters. The largest absolute Gasteiger partial charge is 0.354 e. The van der Waals surface area contributed by atoms with Crippen LogP contribution in [0.2, 0.25) is 5.02 Å². The highest BCUT2D eigenvalue weighted by Crippen LogP contribution is 2.25. The van der Waals surface area contributed by atoms with Gasteiger partial charge in [-0.2, -0.15) is 0 Å². The van der Waals surface area contributed by atoms with Gasteiger partial charge in [0.2, 0.25) is 11.8 Å². The molecule has 0 spiro atoms. The van der Waals surface area contributed by atoms with Crippen molar-refractivity contribution in [2.45, 2.75) is 64.4 Å². The summed E-state index contributed by atoms with van der Waals surface area (Å²) in [6.07, 6.45) is 2.11. The lowest BCUT2D eigenvalue weighted by molar-refractivity contribution is -0.140. The second-order valence-electron chi connectivity index (χ2n) is 9.88. The molecule has 0 heterocycles. The number of sulfonamides is 1. The van der Waals surface area contributed by atoms with E-state index in [9.17, 15) is 18.0 Å². The van der Waals surface area contributed by atoms with E-state index in [-0.39, 0.29) is 17.3 Å². The molecule has 2 amide bonds. The second-order valence-corrected chi connectivity index (χ2v) is 12.2. The number of rotatable bonds is 13. The SMILES string of the molecule is CCCCNC(=O)C(CC)N(Cc1ccc(Cl)cc1)C(=O)CN(c1ccc(C)cc1)S(=O)(=O)c1ccc(C)cc1. The number of hydrogen-bond acceptors (Lipinski definition) is 4. The lowest BCUT2D eigenvalue weighted by atomic mass is 10.1. The molecule has 3 rings (SSSR count). The molecule has 40 heavy (non-hydrogen) atoms. The second kappa shape index (κ2) is 14.3. The van der Waals surface area contributed by atoms with Gasteiger partial charge in [0.1, 0.15) is 12.6 Å². The number of nitrogens with zero attached hydrogens (tertiary/aromatic N) is 2. The summed E-state index contributed by atoms with van der Waals surface area (Å²) < 4.78 is 28.9. The lowest BCUT2D eigenvalue weighted by Crippen LogP contribution is -2.52. The monoisotopic (exact) mass is 583 g/mol. The van der Waals surface area contributed by atoms with Gasteiger partial charge in [-0.05, 0) is 68.7 Å². The zero-order chi connectivity index (χ0) is 29.3. The molecular formula is C31H38ClN3O4S. The average Bonchev–Trinajstić information content (AvgIpc) is 2.93. The molecule has 7 nitrogen and oxygen atoms in total. The molecule has 0 aliphatic heterocycles. The molecule has 9 heteroatoms. The lowest BCUT2D eigenvalue weighted by Gasteiger charge is -2.33. The number of unbranched alkanes of at least 4 members (excludes halogenated alkanes) is 1. The van der Waals surface area contributed by atoms with Crippen LogP contribution in [0.1, 0.15) is 49.8 Å². The van der Waals surface area contributed by atoms with E-state index in [1.165, 1.54) is 17.0 Å². The first kappa shape index (κ1) is 31.2. The normalized spacial score (nSPS) is 12.0. The fourth-order valence-electron chi connectivity index (χ4n) is 4.29. The molecule has 3 aromatic rings. The smallest absolute Gasteiger partial charge is 0.264 e. The minimum absolute atomic E-state index is 0.0834. The fraction of sp³-hybridized carbons (Fsp3) is 0.355. The Morgan fingerprint density at radius 1 is 0.875 bits per heavy atom. The van der Waals surface area contributed by atoms with Gasteiger partial charge in [-0.15, -0.1) is 0 Å². The third-order valence-electron chi connectivity index (χ3n) is 6.69. The Morgan fingerprint density at radius 2 is 1.45 bits per heavy atom. The maximum Gasteiger partial charge on any atom is 0.264 e. The molecule has 0 fully saturated rings. The number of anilines is 1. The van der Waals surface area contributed by atoms with Crippen molar-refractivity contribution < 1.29 is 18.0 Å². The van der Waals surface area contributed by atoms with Crippen molar-refractivity contribution in [2.75, 3.05) is 17.4 Å². The van der Waals surface area contributed by atoms with E-state index in [4.69, 9.17) is 11.6 Å². The minimum atomic E-state index is -4.09. The van der Waals surface area contributed by atoms with Gasteiger partial charge in [-0.1, -0.05) is 79.4 Å². The van der Waals surface area contributed by atoms with E-state index in [0.717, 1.165) is 33.8 Å². The highest BCUT2D eigenvalue weighted by molar-refractivity contribution is 7.92. The number of halogens is 1. The van der Waals surface area contributed by atoms with Gasteiger partial charge in [0.15, 0.2) is 0 Å². The van der Waals surface area contributed by atoms with Gasteiger partial charge in [0, 0.05) is 18.1 Å². The number of benzene rings is 3. The van der Waals surface area contributed by atoms with E-state index in [1.54, 1.807) is 60.7 Å². The Kier molecular flexibility index (Phi) is 11.2. The van der Waals surface area contributed by atoms with Crippen LogP contribution in [0.15, 0.2) is 77.7 Å². The number of nitrogens with one attached hydrogen (secondary N) is 1. The van der Waals surface area contributed by atoms with Crippen LogP contribution in [0.3, 0.4) is 0 Å². The highest BCUT2D eigenvalue weighted by atomic mass is 35.5. The van der Waals surface area contributed by atoms with E-state index < -0.39 is 28.5 Å². The van der Waals surface area contributed by atoms with Crippen LogP contribution in [0.25, 0.3) is 0 Å². The van der Waals surface area contributed by atoms with Crippen molar-refractivity contribution in [2.24, 2.45) is 0 Å². The first-order valence-corrected chi connectivity index (χ1v) is 15.4. The average molecular weight is 584 g/mol. The highest BCUT2D eigenvalue weighted by Gasteiger charge is 2.33. The van der Waals surface area contributed by atoms with E-state index in [2.05, 4.69) is 5.32 Å². The van der Waals surface area contributed by atoms with Crippen molar-refractivity contribution in [1.82, 2.24) is 10.2 Å². The van der Waals surface area contributed by atoms with Crippen molar-refractivity contribution in [1.29, 1.82) is 0 Å². The number of carbonyl (C=O) groups is 2. The molecule has 0 saturated heterocycles. The molecule has 0 radical (unpaired) electrons. The molecule has 0 bridgehead atoms. The van der Waals surface area contributed by atoms with Crippen molar-refractivity contribution >= 4 is 39.1 Å².